The summed E-state index contributed by atoms with van der Waals surface area (Å²) in [6.07, 6.45) is 28.0. The van der Waals surface area contributed by atoms with Crippen LogP contribution in [0.25, 0.3) is 43.1 Å². The van der Waals surface area contributed by atoms with Gasteiger partial charge in [-0.25, -0.2) is 0 Å². The third-order valence-electron chi connectivity index (χ3n) is 10.2. The van der Waals surface area contributed by atoms with E-state index < -0.39 is 0 Å². The summed E-state index contributed by atoms with van der Waals surface area (Å²) >= 11 is 0. The van der Waals surface area contributed by atoms with Crippen LogP contribution in [0.1, 0.15) is 187 Å². The molecule has 0 saturated carbocycles. The maximum atomic E-state index is 5.53. The number of hydrogen-bond acceptors (Lipinski definition) is 0. The minimum absolute atomic E-state index is 0. The molecule has 0 aromatic heterocycles. The average Bonchev–Trinajstić information content (AvgIpc) is 3.69. The summed E-state index contributed by atoms with van der Waals surface area (Å²) < 4.78 is 0. The molecule has 0 aliphatic heterocycles. The molecule has 0 saturated heterocycles. The first-order chi connectivity index (χ1) is 39.9. The highest BCUT2D eigenvalue weighted by Crippen LogP contribution is 2.23. The van der Waals surface area contributed by atoms with Crippen molar-refractivity contribution >= 4 is 43.1 Å². The second-order valence-electron chi connectivity index (χ2n) is 18.2. The first-order valence-electron chi connectivity index (χ1n) is 28.6. The molecule has 0 unspecified atom stereocenters. The van der Waals surface area contributed by atoms with Crippen LogP contribution in [0.2, 0.25) is 0 Å². The lowest BCUT2D eigenvalue weighted by atomic mass is 10.00. The average molecular weight is 1090 g/mol. The number of rotatable bonds is 0. The monoisotopic (exact) mass is 1090 g/mol. The van der Waals surface area contributed by atoms with Crippen LogP contribution < -0.4 is 0 Å². The zero-order chi connectivity index (χ0) is 61.3. The zero-order valence-corrected chi connectivity index (χ0v) is 52.1. The fourth-order valence-corrected chi connectivity index (χ4v) is 7.08. The largest absolute Gasteiger partial charge is 0.115 e. The molecule has 0 aliphatic rings. The number of benzene rings is 9. The van der Waals surface area contributed by atoms with Gasteiger partial charge in [0.2, 0.25) is 0 Å². The Kier molecular flexibility index (Phi) is 44.1. The summed E-state index contributed by atoms with van der Waals surface area (Å²) in [7, 11) is 0. The summed E-state index contributed by atoms with van der Waals surface area (Å²) in [5.74, 6) is 34.2. The fourth-order valence-electron chi connectivity index (χ4n) is 7.08. The van der Waals surface area contributed by atoms with Crippen molar-refractivity contribution in [3.63, 3.8) is 0 Å². The molecule has 0 heterocycles. The first-order valence-corrected chi connectivity index (χ1v) is 28.6. The van der Waals surface area contributed by atoms with Crippen LogP contribution in [0, 0.1) is 104 Å². The Labute approximate surface area is 506 Å². The molecule has 9 aromatic rings. The van der Waals surface area contributed by atoms with Crippen LogP contribution in [0.3, 0.4) is 0 Å². The van der Waals surface area contributed by atoms with Crippen molar-refractivity contribution in [1.29, 1.82) is 0 Å². The summed E-state index contributed by atoms with van der Waals surface area (Å²) in [6.45, 7) is 30.6. The summed E-state index contributed by atoms with van der Waals surface area (Å²) in [5.41, 5.74) is 8.55. The molecule has 9 aromatic carbocycles. The Bertz CT molecular complexity index is 3690. The van der Waals surface area contributed by atoms with Crippen molar-refractivity contribution < 1.29 is 0 Å². The predicted octanol–water partition coefficient (Wildman–Crippen LogP) is 22.5. The Hall–Kier alpha value is -9.50. The van der Waals surface area contributed by atoms with E-state index in [2.05, 4.69) is 226 Å². The van der Waals surface area contributed by atoms with Crippen LogP contribution in [0.4, 0.5) is 0 Å². The molecule has 424 valence electrons. The molecule has 0 atom stereocenters. The lowest BCUT2D eigenvalue weighted by Crippen LogP contribution is -1.85. The van der Waals surface area contributed by atoms with E-state index in [1.807, 2.05) is 118 Å². The van der Waals surface area contributed by atoms with E-state index in [-0.39, 0.29) is 7.43 Å². The maximum Gasteiger partial charge on any atom is 0.0480 e. The molecule has 0 spiro atoms. The molecule has 0 nitrogen and oxygen atoms in total. The maximum absolute atomic E-state index is 5.53. The van der Waals surface area contributed by atoms with Crippen LogP contribution >= 0.6 is 0 Å². The van der Waals surface area contributed by atoms with Gasteiger partial charge in [-0.1, -0.05) is 301 Å². The molecule has 0 fully saturated rings. The van der Waals surface area contributed by atoms with Gasteiger partial charge >= 0.3 is 0 Å². The number of terminal acetylenes is 4. The van der Waals surface area contributed by atoms with Crippen LogP contribution in [0.5, 0.6) is 0 Å². The van der Waals surface area contributed by atoms with Crippen molar-refractivity contribution in [3.05, 3.63) is 226 Å². The van der Waals surface area contributed by atoms with Crippen LogP contribution in [-0.4, -0.2) is 0 Å². The number of fused-ring (bicyclic) bond motifs is 4. The molecular weight excluding hydrogens is 997 g/mol. The van der Waals surface area contributed by atoms with E-state index in [1.54, 1.807) is 6.92 Å². The van der Waals surface area contributed by atoms with Gasteiger partial charge in [-0.15, -0.1) is 49.4 Å². The molecule has 0 amide bonds. The van der Waals surface area contributed by atoms with Gasteiger partial charge in [-0.2, -0.15) is 0 Å². The highest BCUT2D eigenvalue weighted by atomic mass is 14.1. The third-order valence-corrected chi connectivity index (χ3v) is 10.2. The van der Waals surface area contributed by atoms with Gasteiger partial charge in [0.1, 0.15) is 0 Å². The van der Waals surface area contributed by atoms with E-state index in [0.29, 0.717) is 0 Å². The third kappa shape index (κ3) is 28.5. The summed E-state index contributed by atoms with van der Waals surface area (Å²) in [4.78, 5) is 0. The Morgan fingerprint density at radius 2 is 0.602 bits per heavy atom. The molecular formula is C83H92. The molecule has 0 aliphatic carbocycles. The van der Waals surface area contributed by atoms with Crippen molar-refractivity contribution in [2.45, 2.75) is 143 Å². The Morgan fingerprint density at radius 1 is 0.277 bits per heavy atom. The molecule has 0 bridgehead atoms. The topological polar surface area (TPSA) is 0 Å². The molecule has 0 N–H and O–H groups in total. The number of hydrogen-bond donors (Lipinski definition) is 0. The van der Waals surface area contributed by atoms with Crippen molar-refractivity contribution in [2.24, 2.45) is 0 Å². The summed E-state index contributed by atoms with van der Waals surface area (Å²) in [5, 5.41) is 9.54. The van der Waals surface area contributed by atoms with Crippen LogP contribution in [0.15, 0.2) is 176 Å². The Morgan fingerprint density at radius 3 is 1.04 bits per heavy atom. The normalized spacial score (nSPS) is 8.37. The minimum Gasteiger partial charge on any atom is -0.115 e. The smallest absolute Gasteiger partial charge is 0.0480 e. The van der Waals surface area contributed by atoms with Crippen LogP contribution in [-0.2, 0) is 0 Å². The van der Waals surface area contributed by atoms with Gasteiger partial charge in [-0.05, 0) is 114 Å². The van der Waals surface area contributed by atoms with Gasteiger partial charge < -0.3 is 0 Å². The molecule has 9 rings (SSSR count). The summed E-state index contributed by atoms with van der Waals surface area (Å²) in [6, 6.07) is 59.0. The standard InChI is InChI=1S/3C15H10.C11H10.C11H8.5C3H8.CH4/c1-3-7-13-11-15-9-6-5-8-14(15)10-12(13)4-2;1-3-7-12-10-11-13-8-5-6-9-15(13)14(12)4-2;1-3-7-14-12(4-2)10-11-13-8-5-6-9-15(13)14;1-9-6-7-10-4-2-3-5-11(10)8-9;1-3-7-11-9-6-5-8-10(11)4-2;5*1-3-2;/h3*2,5-6,8-11H,1H3;2-8H,1H3;2,5-6,8-9H,1H3;5*3H2,1-2H3;1H4. The van der Waals surface area contributed by atoms with Gasteiger partial charge in [-0.3, -0.25) is 0 Å². The van der Waals surface area contributed by atoms with Gasteiger partial charge in [0.15, 0.2) is 0 Å². The Balaban J connectivity index is 0. The van der Waals surface area contributed by atoms with Crippen molar-refractivity contribution in [2.75, 3.05) is 0 Å². The fraction of sp³-hybridized carbons (Fsp3) is 0.253. The van der Waals surface area contributed by atoms with E-state index in [0.717, 1.165) is 66.1 Å². The highest BCUT2D eigenvalue weighted by Gasteiger charge is 2.04. The highest BCUT2D eigenvalue weighted by molar-refractivity contribution is 5.91. The molecule has 0 radical (unpaired) electrons. The van der Waals surface area contributed by atoms with Crippen molar-refractivity contribution in [1.82, 2.24) is 0 Å². The first kappa shape index (κ1) is 75.6. The molecule has 83 heavy (non-hydrogen) atoms. The second-order valence-corrected chi connectivity index (χ2v) is 18.2. The van der Waals surface area contributed by atoms with E-state index in [4.69, 9.17) is 25.7 Å². The van der Waals surface area contributed by atoms with E-state index in [9.17, 15) is 0 Å². The van der Waals surface area contributed by atoms with Gasteiger partial charge in [0.25, 0.3) is 0 Å². The lowest BCUT2D eigenvalue weighted by Gasteiger charge is -2.03. The SMILES string of the molecule is C.C#Cc1c(C#CC)ccc2ccccc12.C#Cc1cc2ccccc2cc1C#CC.C#Cc1ccc2ccccc2c1C#CC.C#Cc1ccccc1C#CC.CCC.CCC.CCC.CCC.CCC.Cc1ccc2ccccc2c1. The van der Waals surface area contributed by atoms with Gasteiger partial charge in [0, 0.05) is 44.5 Å². The van der Waals surface area contributed by atoms with Crippen molar-refractivity contribution in [3.8, 4) is 96.7 Å². The van der Waals surface area contributed by atoms with E-state index >= 15 is 0 Å². The second kappa shape index (κ2) is 48.4. The zero-order valence-electron chi connectivity index (χ0n) is 52.1. The van der Waals surface area contributed by atoms with Gasteiger partial charge in [0.05, 0.1) is 0 Å². The predicted molar refractivity (Wildman–Crippen MR) is 375 cm³/mol. The number of aryl methyl sites for hydroxylation is 1. The molecule has 0 heteroatoms. The lowest BCUT2D eigenvalue weighted by molar-refractivity contribution is 1.09. The minimum atomic E-state index is 0. The van der Waals surface area contributed by atoms with E-state index in [1.165, 1.54) is 59.2 Å². The quantitative estimate of drug-likeness (QED) is 0.133.